The van der Waals surface area contributed by atoms with Crippen molar-refractivity contribution >= 4 is 133 Å². The van der Waals surface area contributed by atoms with Crippen molar-refractivity contribution < 1.29 is 81.8 Å². The van der Waals surface area contributed by atoms with Crippen molar-refractivity contribution in [2.75, 3.05) is 0 Å². The molecule has 2 aliphatic heterocycles. The molecule has 21 nitrogen and oxygen atoms in total. The first-order valence-corrected chi connectivity index (χ1v) is 64.5. The number of ketones is 4. The standard InChI is InChI=1S/C35H61NO4SSi.C33H57NO5SSi.C28H43NO3S.C26H39NO5S/c1-15-32(40-42(13,14)34(8,9)10)35(11,12)33(38)27(5)26(4)24(2)20-18-16-17-19-21-31(39-29(7)37)25(3)22-30-23-41-28(6)36-30;1-22(17-15-13-14-16-18-28(35)23(2)19-27-21-40-26(5)34-27)24(3)25(4)31(38)33(9,10)29(20-30(36)37)39-41(11,12)32(6,7)8;1-18-13-11-9-10-12-14-25(19(2)15-24-17-33-23(6)29-24)32-26(30)16-20(3)28(7,8)27(31)22(5)21(18)4;1-16-11-9-7-8-10-12-21(17(2)13-20-15-33-19(4)27-20)32-23(29)14-22(28)26(5,6)25(31)18(3)24(16)30/h17,19,22-24,26-27,31-32H,15-16,18,20-21H2,1-14H3;14,16,19,21-22,24-25,28-29,35H,13,15,17-18,20H2,1-12H3,(H,36,37);10,12,15,17-18,20-22,25H,9,11,13-14,16H2,1-8H3;8,10,13,15-16,18,21-22,24,28,30H,7,9,11-12,14H2,1-6H3/b19-17-,25-22+;16-14-,23-19+;12-10-,19-15+;10-8-,17-13+/t24?,26-,27+,31?,32-;22?,24-,25+,28?,29-;18?,20-,21-,22+,25-;16?,18-,21+,22+,24+/m0001/s1. The fraction of sp³-hybridized carbons (Fsp3) is 0.705. The molecule has 4 N–H and O–H groups in total. The van der Waals surface area contributed by atoms with Gasteiger partial charge in [0.1, 0.15) is 41.4 Å². The smallest absolute Gasteiger partial charge is 0.309 e. The molecule has 0 aliphatic carbocycles. The van der Waals surface area contributed by atoms with Crippen LogP contribution in [0.2, 0.25) is 36.3 Å². The lowest BCUT2D eigenvalue weighted by molar-refractivity contribution is -0.154. The van der Waals surface area contributed by atoms with Crippen molar-refractivity contribution in [3.8, 4) is 0 Å². The van der Waals surface area contributed by atoms with E-state index in [-0.39, 0.29) is 112 Å². The van der Waals surface area contributed by atoms with Gasteiger partial charge in [0.05, 0.1) is 91.6 Å². The van der Waals surface area contributed by atoms with Crippen LogP contribution < -0.4 is 0 Å². The maximum atomic E-state index is 13.9. The molecule has 27 heteroatoms. The summed E-state index contributed by atoms with van der Waals surface area (Å²) in [6.45, 7) is 81.4. The molecule has 0 bridgehead atoms. The Morgan fingerprint density at radius 3 is 1.28 bits per heavy atom. The molecule has 0 saturated carbocycles. The highest BCUT2D eigenvalue weighted by atomic mass is 32.1. The van der Waals surface area contributed by atoms with E-state index in [1.165, 1.54) is 6.92 Å². The number of carbonyl (C=O) groups is 8. The molecule has 0 saturated heterocycles. The number of nitrogens with zero attached hydrogens (tertiary/aromatic N) is 4. The number of rotatable bonds is 38. The summed E-state index contributed by atoms with van der Waals surface area (Å²) in [7, 11) is -4.26. The molecule has 0 amide bonds. The van der Waals surface area contributed by atoms with Gasteiger partial charge in [0, 0.05) is 94.0 Å². The molecular formula is C122H200N4O17S4Si2. The molecule has 6 rings (SSSR count). The van der Waals surface area contributed by atoms with Gasteiger partial charge in [0.2, 0.25) is 0 Å². The van der Waals surface area contributed by atoms with Gasteiger partial charge in [-0.25, -0.2) is 19.9 Å². The minimum Gasteiger partial charge on any atom is -0.481 e. The van der Waals surface area contributed by atoms with Gasteiger partial charge in [-0.1, -0.05) is 255 Å². The number of esters is 3. The van der Waals surface area contributed by atoms with Crippen LogP contribution in [0.15, 0.2) is 92.4 Å². The van der Waals surface area contributed by atoms with E-state index in [1.54, 1.807) is 66.1 Å². The number of unbranched alkanes of at least 4 members (excludes halogenated alkanes) is 2. The fourth-order valence-corrected chi connectivity index (χ4v) is 23.9. The van der Waals surface area contributed by atoms with Crippen molar-refractivity contribution in [1.82, 2.24) is 19.9 Å². The average Bonchev–Trinajstić information content (AvgIpc) is 1.79. The first kappa shape index (κ1) is 136. The molecule has 842 valence electrons. The van der Waals surface area contributed by atoms with E-state index >= 15 is 0 Å². The predicted molar refractivity (Wildman–Crippen MR) is 627 cm³/mol. The first-order chi connectivity index (χ1) is 68.8. The Kier molecular flexibility index (Phi) is 57.5. The number of carboxylic acid groups (broad SMARTS) is 1. The zero-order valence-electron chi connectivity index (χ0n) is 99.4. The lowest BCUT2D eigenvalue weighted by atomic mass is 9.67. The van der Waals surface area contributed by atoms with Crippen LogP contribution in [-0.4, -0.2) is 153 Å². The number of allylic oxidation sites excluding steroid dienone is 4. The van der Waals surface area contributed by atoms with Crippen molar-refractivity contribution in [3.63, 3.8) is 0 Å². The van der Waals surface area contributed by atoms with Gasteiger partial charge < -0.3 is 43.5 Å². The molecular weight excluding hydrogens is 1980 g/mol. The van der Waals surface area contributed by atoms with Crippen LogP contribution >= 0.6 is 45.3 Å². The average molecular weight is 2180 g/mol. The highest BCUT2D eigenvalue weighted by molar-refractivity contribution is 7.10. The van der Waals surface area contributed by atoms with Crippen molar-refractivity contribution in [2.45, 2.75) is 463 Å². The maximum Gasteiger partial charge on any atom is 0.309 e. The third kappa shape index (κ3) is 44.8. The summed E-state index contributed by atoms with van der Waals surface area (Å²) in [5, 5.41) is 53.6. The molecule has 0 fully saturated rings. The molecule has 0 aromatic carbocycles. The predicted octanol–water partition coefficient (Wildman–Crippen LogP) is 31.2. The minimum absolute atomic E-state index is 0.0247. The number of carbonyl (C=O) groups excluding carboxylic acids is 7. The van der Waals surface area contributed by atoms with E-state index < -0.39 is 86.7 Å². The Bertz CT molecular complexity index is 4950. The number of hydrogen-bond donors (Lipinski definition) is 4. The van der Waals surface area contributed by atoms with Crippen LogP contribution in [0.3, 0.4) is 0 Å². The van der Waals surface area contributed by atoms with Crippen LogP contribution in [0.4, 0.5) is 0 Å². The van der Waals surface area contributed by atoms with Crippen LogP contribution in [0.5, 0.6) is 0 Å². The lowest BCUT2D eigenvalue weighted by Crippen LogP contribution is -2.52. The van der Waals surface area contributed by atoms with Gasteiger partial charge >= 0.3 is 23.9 Å². The summed E-state index contributed by atoms with van der Waals surface area (Å²) in [6.07, 6.45) is 35.2. The SMILES string of the molecule is C/C(=C\c1csc(C)n1)C(O)C/C=C\CCCC(C)[C@H](C)[C@@H](C)C(=O)C(C)(C)[C@H](CC(=O)O)O[Si](C)(C)C(C)(C)C.C/C(=C\c1csc(C)n1)[C@@H]1C/C=C\CCCC(C)[C@H](C)[C@@H](C)C(=O)C(C)(C)[C@@H](C)CC(=O)O1.C/C(=C\c1csc(C)n1)[C@@H]1C/C=C\CCCC(C)[C@H](O)[C@@H](C)C(=O)C(C)(C)[C@@H](O)CC(=O)O1.CC[C@H](O[Si](C)(C)C(C)(C)C)C(C)(C)C(=O)[C@H](C)[C@@H](C)C(C)CCC/C=C\CC(OC(C)=O)/C(C)=C/c1csc(C)n1. The second-order valence-corrected chi connectivity index (χ2v) is 62.6. The molecule has 2 aliphatic rings. The van der Waals surface area contributed by atoms with Crippen LogP contribution in [-0.2, 0) is 61.4 Å². The third-order valence-electron chi connectivity index (χ3n) is 33.2. The number of thiazole rings is 4. The van der Waals surface area contributed by atoms with Gasteiger partial charge in [-0.15, -0.1) is 45.3 Å². The molecule has 0 spiro atoms. The van der Waals surface area contributed by atoms with E-state index in [0.29, 0.717) is 61.1 Å². The zero-order valence-corrected chi connectivity index (χ0v) is 105. The second-order valence-electron chi connectivity index (χ2n) is 48.9. The number of Topliss-reactive ketones (excluding diaryl/α,β-unsaturated/α-hetero) is 4. The molecule has 6 heterocycles. The van der Waals surface area contributed by atoms with Crippen molar-refractivity contribution in [2.24, 2.45) is 92.7 Å². The number of aliphatic hydroxyl groups is 3. The van der Waals surface area contributed by atoms with E-state index in [1.807, 2.05) is 162 Å². The topological polar surface area (TPSA) is 315 Å². The number of aromatic nitrogens is 4. The summed E-state index contributed by atoms with van der Waals surface area (Å²) in [5.74, 6) is -0.618. The normalized spacial score (nSPS) is 23.7. The number of cyclic esters (lactones) is 2. The monoisotopic (exact) mass is 2180 g/mol. The summed E-state index contributed by atoms with van der Waals surface area (Å²) >= 11 is 6.39. The van der Waals surface area contributed by atoms with Gasteiger partial charge in [-0.2, -0.15) is 0 Å². The number of aliphatic carboxylic acids is 1. The second kappa shape index (κ2) is 62.8. The van der Waals surface area contributed by atoms with Crippen LogP contribution in [0.25, 0.3) is 24.3 Å². The van der Waals surface area contributed by atoms with Gasteiger partial charge in [0.15, 0.2) is 16.6 Å². The number of carboxylic acids is 1. The Balaban J connectivity index is 0.000000513. The molecule has 4 aromatic heterocycles. The van der Waals surface area contributed by atoms with Crippen LogP contribution in [0.1, 0.15) is 393 Å². The number of ether oxygens (including phenoxy) is 3. The highest BCUT2D eigenvalue weighted by Gasteiger charge is 2.51. The fourth-order valence-electron chi connectivity index (χ4n) is 18.7. The summed E-state index contributed by atoms with van der Waals surface area (Å²) in [6, 6.07) is 0. The molecule has 6 unspecified atom stereocenters. The molecule has 20 atom stereocenters. The number of aliphatic hydroxyl groups excluding tert-OH is 3. The van der Waals surface area contributed by atoms with Crippen molar-refractivity contribution in [3.05, 3.63) is 135 Å². The highest BCUT2D eigenvalue weighted by Crippen LogP contribution is 2.47. The van der Waals surface area contributed by atoms with Gasteiger partial charge in [-0.05, 0) is 256 Å². The Morgan fingerprint density at radius 2 is 0.893 bits per heavy atom. The van der Waals surface area contributed by atoms with E-state index in [2.05, 4.69) is 200 Å². The first-order valence-electron chi connectivity index (χ1n) is 55.2. The van der Waals surface area contributed by atoms with Crippen LogP contribution in [0, 0.1) is 120 Å². The number of hydrogen-bond acceptors (Lipinski definition) is 24. The maximum absolute atomic E-state index is 13.9. The molecule has 0 radical (unpaired) electrons. The Morgan fingerprint density at radius 1 is 0.517 bits per heavy atom. The minimum atomic E-state index is -2.28. The van der Waals surface area contributed by atoms with Gasteiger partial charge in [-0.3, -0.25) is 38.4 Å². The largest absolute Gasteiger partial charge is 0.481 e. The molecule has 149 heavy (non-hydrogen) atoms. The summed E-state index contributed by atoms with van der Waals surface area (Å²) in [5.41, 5.74) is 4.09. The Hall–Kier alpha value is -6.77. The van der Waals surface area contributed by atoms with Gasteiger partial charge in [0.25, 0.3) is 0 Å². The van der Waals surface area contributed by atoms with E-state index in [9.17, 15) is 58.8 Å². The lowest BCUT2D eigenvalue weighted by Gasteiger charge is -2.44. The summed E-state index contributed by atoms with van der Waals surface area (Å²) in [4.78, 5) is 121. The quantitative estimate of drug-likeness (QED) is 0.0106. The Labute approximate surface area is 919 Å². The summed E-state index contributed by atoms with van der Waals surface area (Å²) < 4.78 is 30.7. The van der Waals surface area contributed by atoms with E-state index in [0.717, 1.165) is 149 Å². The zero-order chi connectivity index (χ0) is 114. The van der Waals surface area contributed by atoms with Crippen molar-refractivity contribution in [1.29, 1.82) is 0 Å². The third-order valence-corrected chi connectivity index (χ3v) is 45.4. The number of aryl methyl sites for hydroxylation is 4. The van der Waals surface area contributed by atoms with E-state index in [4.69, 9.17) is 23.1 Å². The molecule has 4 aromatic rings.